The number of carbonyl (C=O) groups excluding carboxylic acids is 3. The molecular formula is C17H16BrN3O3. The first-order chi connectivity index (χ1) is 11.5. The summed E-state index contributed by atoms with van der Waals surface area (Å²) in [6.07, 6.45) is 0. The van der Waals surface area contributed by atoms with Gasteiger partial charge < -0.3 is 16.0 Å². The molecule has 2 aromatic rings. The predicted octanol–water partition coefficient (Wildman–Crippen LogP) is 2.18. The molecule has 124 valence electrons. The molecule has 0 heterocycles. The van der Waals surface area contributed by atoms with Crippen molar-refractivity contribution in [2.75, 3.05) is 18.9 Å². The Kier molecular flexibility index (Phi) is 6.08. The topological polar surface area (TPSA) is 87.3 Å². The van der Waals surface area contributed by atoms with Gasteiger partial charge in [-0.1, -0.05) is 12.1 Å². The molecule has 0 atom stereocenters. The van der Waals surface area contributed by atoms with Crippen molar-refractivity contribution in [3.05, 3.63) is 64.1 Å². The van der Waals surface area contributed by atoms with Crippen LogP contribution in [0.5, 0.6) is 0 Å². The molecular weight excluding hydrogens is 374 g/mol. The van der Waals surface area contributed by atoms with Crippen LogP contribution in [0.3, 0.4) is 0 Å². The zero-order chi connectivity index (χ0) is 17.5. The van der Waals surface area contributed by atoms with Crippen molar-refractivity contribution >= 4 is 39.3 Å². The van der Waals surface area contributed by atoms with E-state index in [0.29, 0.717) is 21.3 Å². The predicted molar refractivity (Wildman–Crippen MR) is 94.9 cm³/mol. The van der Waals surface area contributed by atoms with Gasteiger partial charge in [-0.05, 0) is 52.3 Å². The Labute approximate surface area is 147 Å². The van der Waals surface area contributed by atoms with Gasteiger partial charge in [-0.25, -0.2) is 0 Å². The highest BCUT2D eigenvalue weighted by molar-refractivity contribution is 9.10. The van der Waals surface area contributed by atoms with E-state index in [4.69, 9.17) is 0 Å². The smallest absolute Gasteiger partial charge is 0.252 e. The van der Waals surface area contributed by atoms with E-state index >= 15 is 0 Å². The third-order valence-corrected chi connectivity index (χ3v) is 3.88. The molecule has 3 N–H and O–H groups in total. The normalized spacial score (nSPS) is 9.92. The van der Waals surface area contributed by atoms with Gasteiger partial charge in [0.05, 0.1) is 12.1 Å². The van der Waals surface area contributed by atoms with Gasteiger partial charge in [-0.2, -0.15) is 0 Å². The Morgan fingerprint density at radius 2 is 1.62 bits per heavy atom. The molecule has 0 radical (unpaired) electrons. The monoisotopic (exact) mass is 389 g/mol. The van der Waals surface area contributed by atoms with E-state index in [9.17, 15) is 14.4 Å². The third-order valence-electron chi connectivity index (χ3n) is 3.19. The second kappa shape index (κ2) is 8.26. The SMILES string of the molecule is CNC(=O)c1ccc(NC(=O)CNC(=O)c2ccccc2Br)cc1. The molecule has 0 saturated carbocycles. The van der Waals surface area contributed by atoms with E-state index in [2.05, 4.69) is 31.9 Å². The van der Waals surface area contributed by atoms with Gasteiger partial charge in [-0.15, -0.1) is 0 Å². The number of nitrogens with one attached hydrogen (secondary N) is 3. The second-order valence-electron chi connectivity index (χ2n) is 4.87. The molecule has 2 rings (SSSR count). The van der Waals surface area contributed by atoms with Crippen molar-refractivity contribution in [3.63, 3.8) is 0 Å². The van der Waals surface area contributed by atoms with Crippen LogP contribution in [-0.2, 0) is 4.79 Å². The summed E-state index contributed by atoms with van der Waals surface area (Å²) in [7, 11) is 1.55. The molecule has 0 bridgehead atoms. The molecule has 0 unspecified atom stereocenters. The largest absolute Gasteiger partial charge is 0.355 e. The van der Waals surface area contributed by atoms with E-state index < -0.39 is 0 Å². The van der Waals surface area contributed by atoms with Crippen LogP contribution in [0.1, 0.15) is 20.7 Å². The van der Waals surface area contributed by atoms with Gasteiger partial charge in [0.25, 0.3) is 11.8 Å². The fraction of sp³-hybridized carbons (Fsp3) is 0.118. The summed E-state index contributed by atoms with van der Waals surface area (Å²) in [5.41, 5.74) is 1.50. The Morgan fingerprint density at radius 3 is 2.25 bits per heavy atom. The summed E-state index contributed by atoms with van der Waals surface area (Å²) in [6.45, 7) is -0.155. The van der Waals surface area contributed by atoms with Crippen molar-refractivity contribution in [3.8, 4) is 0 Å². The number of hydrogen-bond donors (Lipinski definition) is 3. The molecule has 0 aliphatic heterocycles. The maximum absolute atomic E-state index is 12.0. The molecule has 0 aliphatic carbocycles. The Balaban J connectivity index is 1.88. The average molecular weight is 390 g/mol. The van der Waals surface area contributed by atoms with Crippen LogP contribution < -0.4 is 16.0 Å². The van der Waals surface area contributed by atoms with Gasteiger partial charge in [0, 0.05) is 22.8 Å². The van der Waals surface area contributed by atoms with E-state index in [1.165, 1.54) is 0 Å². The van der Waals surface area contributed by atoms with Crippen molar-refractivity contribution in [1.82, 2.24) is 10.6 Å². The number of carbonyl (C=O) groups is 3. The number of benzene rings is 2. The quantitative estimate of drug-likeness (QED) is 0.732. The molecule has 7 heteroatoms. The van der Waals surface area contributed by atoms with Crippen LogP contribution in [0, 0.1) is 0 Å². The molecule has 24 heavy (non-hydrogen) atoms. The lowest BCUT2D eigenvalue weighted by atomic mass is 10.2. The van der Waals surface area contributed by atoms with Crippen LogP contribution in [-0.4, -0.2) is 31.3 Å². The van der Waals surface area contributed by atoms with Crippen molar-refractivity contribution in [2.45, 2.75) is 0 Å². The highest BCUT2D eigenvalue weighted by atomic mass is 79.9. The lowest BCUT2D eigenvalue weighted by Gasteiger charge is -2.08. The average Bonchev–Trinajstić information content (AvgIpc) is 2.60. The molecule has 0 spiro atoms. The van der Waals surface area contributed by atoms with Gasteiger partial charge in [0.15, 0.2) is 0 Å². The standard InChI is InChI=1S/C17H16BrN3O3/c1-19-16(23)11-6-8-12(9-7-11)21-15(22)10-20-17(24)13-4-2-3-5-14(13)18/h2-9H,10H2,1H3,(H,19,23)(H,20,24)(H,21,22). The van der Waals surface area contributed by atoms with Gasteiger partial charge in [0.2, 0.25) is 5.91 Å². The van der Waals surface area contributed by atoms with Crippen LogP contribution in [0.4, 0.5) is 5.69 Å². The van der Waals surface area contributed by atoms with E-state index in [0.717, 1.165) is 0 Å². The van der Waals surface area contributed by atoms with Crippen molar-refractivity contribution < 1.29 is 14.4 Å². The maximum atomic E-state index is 12.0. The lowest BCUT2D eigenvalue weighted by Crippen LogP contribution is -2.33. The van der Waals surface area contributed by atoms with Crippen molar-refractivity contribution in [2.24, 2.45) is 0 Å². The highest BCUT2D eigenvalue weighted by Crippen LogP contribution is 2.15. The van der Waals surface area contributed by atoms with E-state index in [1.54, 1.807) is 55.6 Å². The molecule has 3 amide bonds. The van der Waals surface area contributed by atoms with E-state index in [-0.39, 0.29) is 24.3 Å². The number of rotatable bonds is 5. The summed E-state index contributed by atoms with van der Waals surface area (Å²) >= 11 is 3.29. The number of hydrogen-bond acceptors (Lipinski definition) is 3. The summed E-state index contributed by atoms with van der Waals surface area (Å²) in [5.74, 6) is -0.899. The minimum atomic E-state index is -0.358. The van der Waals surface area contributed by atoms with E-state index in [1.807, 2.05) is 0 Å². The van der Waals surface area contributed by atoms with Gasteiger partial charge in [0.1, 0.15) is 0 Å². The molecule has 2 aromatic carbocycles. The third kappa shape index (κ3) is 4.66. The highest BCUT2D eigenvalue weighted by Gasteiger charge is 2.11. The number of halogens is 1. The number of anilines is 1. The molecule has 0 fully saturated rings. The fourth-order valence-corrected chi connectivity index (χ4v) is 2.42. The van der Waals surface area contributed by atoms with Gasteiger partial charge in [-0.3, -0.25) is 14.4 Å². The first kappa shape index (κ1) is 17.7. The first-order valence-corrected chi connectivity index (χ1v) is 7.95. The number of amides is 3. The minimum absolute atomic E-state index is 0.155. The summed E-state index contributed by atoms with van der Waals surface area (Å²) < 4.78 is 0.660. The summed E-state index contributed by atoms with van der Waals surface area (Å²) in [5, 5.41) is 7.72. The summed E-state index contributed by atoms with van der Waals surface area (Å²) in [4.78, 5) is 35.3. The Bertz CT molecular complexity index is 760. The fourth-order valence-electron chi connectivity index (χ4n) is 1.96. The Hall–Kier alpha value is -2.67. The van der Waals surface area contributed by atoms with Gasteiger partial charge >= 0.3 is 0 Å². The molecule has 0 saturated heterocycles. The first-order valence-electron chi connectivity index (χ1n) is 7.16. The van der Waals surface area contributed by atoms with Crippen LogP contribution in [0.25, 0.3) is 0 Å². The lowest BCUT2D eigenvalue weighted by molar-refractivity contribution is -0.115. The van der Waals surface area contributed by atoms with Crippen molar-refractivity contribution in [1.29, 1.82) is 0 Å². The zero-order valence-electron chi connectivity index (χ0n) is 12.9. The van der Waals surface area contributed by atoms with Crippen LogP contribution in [0.2, 0.25) is 0 Å². The molecule has 6 nitrogen and oxygen atoms in total. The second-order valence-corrected chi connectivity index (χ2v) is 5.72. The summed E-state index contributed by atoms with van der Waals surface area (Å²) in [6, 6.07) is 13.4. The Morgan fingerprint density at radius 1 is 0.958 bits per heavy atom. The maximum Gasteiger partial charge on any atom is 0.252 e. The molecule has 0 aliphatic rings. The molecule has 0 aromatic heterocycles. The van der Waals surface area contributed by atoms with Crippen LogP contribution in [0.15, 0.2) is 53.0 Å². The minimum Gasteiger partial charge on any atom is -0.355 e. The van der Waals surface area contributed by atoms with Crippen LogP contribution >= 0.6 is 15.9 Å². The zero-order valence-corrected chi connectivity index (χ0v) is 14.5.